The van der Waals surface area contributed by atoms with Crippen molar-refractivity contribution in [3.8, 4) is 0 Å². The molecule has 1 saturated heterocycles. The number of carbonyl (C=O) groups is 1. The fraction of sp³-hybridized carbons (Fsp3) is 0.500. The predicted octanol–water partition coefficient (Wildman–Crippen LogP) is 2.51. The molecule has 2 rings (SSSR count). The van der Waals surface area contributed by atoms with Gasteiger partial charge in [-0.05, 0) is 53.5 Å². The van der Waals surface area contributed by atoms with E-state index in [1.807, 2.05) is 0 Å². The van der Waals surface area contributed by atoms with Gasteiger partial charge in [0.05, 0.1) is 17.7 Å². The summed E-state index contributed by atoms with van der Waals surface area (Å²) in [5, 5.41) is 6.23. The molecule has 0 spiro atoms. The number of hydrogen-bond acceptors (Lipinski definition) is 3. The van der Waals surface area contributed by atoms with Crippen molar-refractivity contribution in [2.45, 2.75) is 18.4 Å². The second-order valence-electron chi connectivity index (χ2n) is 5.05. The lowest BCUT2D eigenvalue weighted by Gasteiger charge is -2.29. The highest BCUT2D eigenvalue weighted by molar-refractivity contribution is 9.10. The van der Waals surface area contributed by atoms with E-state index >= 15 is 0 Å². The minimum atomic E-state index is -0.427. The molecule has 1 atom stereocenters. The first-order valence-corrected chi connectivity index (χ1v) is 7.33. The maximum atomic E-state index is 13.2. The van der Waals surface area contributed by atoms with E-state index in [-0.39, 0.29) is 23.9 Å². The van der Waals surface area contributed by atoms with Crippen molar-refractivity contribution in [3.05, 3.63) is 34.1 Å². The SMILES string of the molecule is COCC1(CNC(=O)c2cc(F)ccc2Br)CCCN1.Cl. The number of rotatable bonds is 5. The molecule has 118 valence electrons. The highest BCUT2D eigenvalue weighted by atomic mass is 79.9. The average molecular weight is 382 g/mol. The van der Waals surface area contributed by atoms with Crippen LogP contribution in [-0.4, -0.2) is 38.3 Å². The number of halogens is 3. The number of methoxy groups -OCH3 is 1. The topological polar surface area (TPSA) is 50.4 Å². The third-order valence-corrected chi connectivity index (χ3v) is 4.20. The molecule has 2 N–H and O–H groups in total. The number of hydrogen-bond donors (Lipinski definition) is 2. The molecule has 7 heteroatoms. The second-order valence-corrected chi connectivity index (χ2v) is 5.90. The monoisotopic (exact) mass is 380 g/mol. The summed E-state index contributed by atoms with van der Waals surface area (Å²) >= 11 is 3.26. The Bertz CT molecular complexity index is 496. The number of benzene rings is 1. The van der Waals surface area contributed by atoms with Crippen LogP contribution in [0.4, 0.5) is 4.39 Å². The molecule has 0 aliphatic carbocycles. The van der Waals surface area contributed by atoms with Gasteiger partial charge in [-0.15, -0.1) is 12.4 Å². The van der Waals surface area contributed by atoms with Crippen molar-refractivity contribution in [1.82, 2.24) is 10.6 Å². The highest BCUT2D eigenvalue weighted by Gasteiger charge is 2.33. The summed E-state index contributed by atoms with van der Waals surface area (Å²) in [5.74, 6) is -0.718. The van der Waals surface area contributed by atoms with Crippen molar-refractivity contribution in [3.63, 3.8) is 0 Å². The minimum absolute atomic E-state index is 0. The van der Waals surface area contributed by atoms with Crippen molar-refractivity contribution < 1.29 is 13.9 Å². The lowest BCUT2D eigenvalue weighted by atomic mass is 9.98. The number of ether oxygens (including phenoxy) is 1. The molecular formula is C14H19BrClFN2O2. The van der Waals surface area contributed by atoms with Crippen LogP contribution in [0, 0.1) is 5.82 Å². The van der Waals surface area contributed by atoms with Gasteiger partial charge in [0.25, 0.3) is 5.91 Å². The van der Waals surface area contributed by atoms with Crippen molar-refractivity contribution >= 4 is 34.2 Å². The maximum Gasteiger partial charge on any atom is 0.252 e. The van der Waals surface area contributed by atoms with Gasteiger partial charge in [0.2, 0.25) is 0 Å². The van der Waals surface area contributed by atoms with E-state index in [1.54, 1.807) is 7.11 Å². The third kappa shape index (κ3) is 4.64. The molecule has 0 radical (unpaired) electrons. The Morgan fingerprint density at radius 1 is 1.57 bits per heavy atom. The van der Waals surface area contributed by atoms with Gasteiger partial charge < -0.3 is 15.4 Å². The first kappa shape index (κ1) is 18.4. The Morgan fingerprint density at radius 3 is 2.95 bits per heavy atom. The third-order valence-electron chi connectivity index (χ3n) is 3.51. The van der Waals surface area contributed by atoms with Crippen molar-refractivity contribution in [1.29, 1.82) is 0 Å². The van der Waals surface area contributed by atoms with E-state index in [4.69, 9.17) is 4.74 Å². The van der Waals surface area contributed by atoms with Crippen LogP contribution in [0.5, 0.6) is 0 Å². The smallest absolute Gasteiger partial charge is 0.252 e. The van der Waals surface area contributed by atoms with Crippen LogP contribution < -0.4 is 10.6 Å². The van der Waals surface area contributed by atoms with Gasteiger partial charge in [0, 0.05) is 18.1 Å². The van der Waals surface area contributed by atoms with Gasteiger partial charge >= 0.3 is 0 Å². The van der Waals surface area contributed by atoms with Crippen LogP contribution in [0.15, 0.2) is 22.7 Å². The maximum absolute atomic E-state index is 13.2. The summed E-state index contributed by atoms with van der Waals surface area (Å²) in [6, 6.07) is 4.07. The van der Waals surface area contributed by atoms with Gasteiger partial charge in [0.15, 0.2) is 0 Å². The van der Waals surface area contributed by atoms with Gasteiger partial charge in [0.1, 0.15) is 5.82 Å². The Morgan fingerprint density at radius 2 is 2.33 bits per heavy atom. The molecule has 1 unspecified atom stereocenters. The first-order valence-electron chi connectivity index (χ1n) is 6.53. The normalized spacial score (nSPS) is 20.9. The molecule has 1 amide bonds. The van der Waals surface area contributed by atoms with Crippen molar-refractivity contribution in [2.75, 3.05) is 26.8 Å². The molecule has 21 heavy (non-hydrogen) atoms. The molecule has 1 aromatic carbocycles. The molecule has 0 aromatic heterocycles. The van der Waals surface area contributed by atoms with Gasteiger partial charge in [-0.3, -0.25) is 4.79 Å². The van der Waals surface area contributed by atoms with Crippen LogP contribution in [0.3, 0.4) is 0 Å². The average Bonchev–Trinajstić information content (AvgIpc) is 2.88. The van der Waals surface area contributed by atoms with Crippen LogP contribution >= 0.6 is 28.3 Å². The summed E-state index contributed by atoms with van der Waals surface area (Å²) in [5.41, 5.74) is 0.0834. The van der Waals surface area contributed by atoms with Crippen LogP contribution in [0.1, 0.15) is 23.2 Å². The molecule has 0 bridgehead atoms. The quantitative estimate of drug-likeness (QED) is 0.824. The molecule has 1 aliphatic heterocycles. The lowest BCUT2D eigenvalue weighted by molar-refractivity contribution is 0.0891. The molecule has 0 saturated carbocycles. The van der Waals surface area contributed by atoms with Crippen LogP contribution in [0.2, 0.25) is 0 Å². The number of carbonyl (C=O) groups excluding carboxylic acids is 1. The second kappa shape index (κ2) is 8.08. The zero-order chi connectivity index (χ0) is 14.6. The van der Waals surface area contributed by atoms with E-state index in [0.29, 0.717) is 23.2 Å². The molecule has 1 heterocycles. The molecule has 1 aromatic rings. The van der Waals surface area contributed by atoms with Gasteiger partial charge in [-0.25, -0.2) is 4.39 Å². The highest BCUT2D eigenvalue weighted by Crippen LogP contribution is 2.20. The Labute approximate surface area is 138 Å². The minimum Gasteiger partial charge on any atom is -0.383 e. The fourth-order valence-electron chi connectivity index (χ4n) is 2.49. The Hall–Kier alpha value is -0.690. The summed E-state index contributed by atoms with van der Waals surface area (Å²) < 4.78 is 19.0. The summed E-state index contributed by atoms with van der Waals surface area (Å²) in [7, 11) is 1.65. The molecule has 1 aliphatic rings. The van der Waals surface area contributed by atoms with E-state index in [9.17, 15) is 9.18 Å². The lowest BCUT2D eigenvalue weighted by Crippen LogP contribution is -2.53. The fourth-order valence-corrected chi connectivity index (χ4v) is 2.91. The number of nitrogens with one attached hydrogen (secondary N) is 2. The van der Waals surface area contributed by atoms with Gasteiger partial charge in [-0.2, -0.15) is 0 Å². The first-order chi connectivity index (χ1) is 9.56. The van der Waals surface area contributed by atoms with Gasteiger partial charge in [-0.1, -0.05) is 0 Å². The van der Waals surface area contributed by atoms with Crippen LogP contribution in [0.25, 0.3) is 0 Å². The zero-order valence-electron chi connectivity index (χ0n) is 11.7. The van der Waals surface area contributed by atoms with Crippen LogP contribution in [-0.2, 0) is 4.74 Å². The van der Waals surface area contributed by atoms with E-state index in [1.165, 1.54) is 18.2 Å². The Balaban J connectivity index is 0.00000220. The van der Waals surface area contributed by atoms with E-state index in [0.717, 1.165) is 19.4 Å². The summed E-state index contributed by atoms with van der Waals surface area (Å²) in [6.45, 7) is 1.92. The molecule has 4 nitrogen and oxygen atoms in total. The van der Waals surface area contributed by atoms with E-state index < -0.39 is 5.82 Å². The predicted molar refractivity (Wildman–Crippen MR) is 85.5 cm³/mol. The molecular weight excluding hydrogens is 363 g/mol. The summed E-state index contributed by atoms with van der Waals surface area (Å²) in [4.78, 5) is 12.1. The standard InChI is InChI=1S/C14H18BrFN2O2.ClH/c1-20-9-14(5-2-6-18-14)8-17-13(19)11-7-10(16)3-4-12(11)15;/h3-4,7,18H,2,5-6,8-9H2,1H3,(H,17,19);1H. The van der Waals surface area contributed by atoms with E-state index in [2.05, 4.69) is 26.6 Å². The zero-order valence-corrected chi connectivity index (χ0v) is 14.2. The largest absolute Gasteiger partial charge is 0.383 e. The summed E-state index contributed by atoms with van der Waals surface area (Å²) in [6.07, 6.45) is 2.01. The molecule has 1 fully saturated rings. The van der Waals surface area contributed by atoms with Crippen molar-refractivity contribution in [2.24, 2.45) is 0 Å². The Kier molecular flexibility index (Phi) is 7.06. The number of amides is 1.